The zero-order valence-electron chi connectivity index (χ0n) is 11.0. The number of ether oxygens (including phenoxy) is 1. The molecule has 1 aliphatic heterocycles. The normalized spacial score (nSPS) is 23.8. The number of aromatic nitrogens is 1. The smallest absolute Gasteiger partial charge is 0.269 e. The van der Waals surface area contributed by atoms with Crippen molar-refractivity contribution in [2.75, 3.05) is 0 Å². The standard InChI is InChI=1S/C14H11ClN2O4/c1-16-8-2-3-11(16)12(18)14(15)13(21-14)9-4-6-10(7-5-9)17(19)20/h2-8,13H,1H3/t13-,14-/m0/s1. The number of aryl methyl sites for hydroxylation is 1. The largest absolute Gasteiger partial charge is 0.348 e. The number of hydrogen-bond donors (Lipinski definition) is 0. The molecule has 7 heteroatoms. The quantitative estimate of drug-likeness (QED) is 0.286. The van der Waals surface area contributed by atoms with Gasteiger partial charge >= 0.3 is 0 Å². The van der Waals surface area contributed by atoms with Gasteiger partial charge in [0.2, 0.25) is 10.8 Å². The molecule has 0 amide bonds. The number of ketones is 1. The number of benzene rings is 1. The first-order valence-electron chi connectivity index (χ1n) is 6.20. The van der Waals surface area contributed by atoms with E-state index in [1.807, 2.05) is 0 Å². The maximum atomic E-state index is 12.4. The summed E-state index contributed by atoms with van der Waals surface area (Å²) < 4.78 is 7.03. The van der Waals surface area contributed by atoms with Crippen molar-refractivity contribution in [3.8, 4) is 0 Å². The summed E-state index contributed by atoms with van der Waals surface area (Å²) in [5.74, 6) is -0.319. The molecule has 1 aromatic heterocycles. The number of nitro benzene ring substituents is 1. The van der Waals surface area contributed by atoms with E-state index in [4.69, 9.17) is 16.3 Å². The highest BCUT2D eigenvalue weighted by atomic mass is 35.5. The molecular formula is C14H11ClN2O4. The maximum Gasteiger partial charge on any atom is 0.269 e. The number of epoxide rings is 1. The highest BCUT2D eigenvalue weighted by Gasteiger charge is 2.62. The second kappa shape index (κ2) is 4.68. The van der Waals surface area contributed by atoms with Crippen LogP contribution in [-0.4, -0.2) is 20.3 Å². The Balaban J connectivity index is 1.82. The maximum absolute atomic E-state index is 12.4. The van der Waals surface area contributed by atoms with Crippen LogP contribution < -0.4 is 0 Å². The molecule has 0 bridgehead atoms. The minimum atomic E-state index is -1.43. The van der Waals surface area contributed by atoms with Crippen molar-refractivity contribution in [1.29, 1.82) is 0 Å². The Labute approximate surface area is 125 Å². The molecular weight excluding hydrogens is 296 g/mol. The summed E-state index contributed by atoms with van der Waals surface area (Å²) in [6.45, 7) is 0. The van der Waals surface area contributed by atoms with Crippen molar-refractivity contribution in [2.24, 2.45) is 7.05 Å². The van der Waals surface area contributed by atoms with E-state index in [2.05, 4.69) is 0 Å². The number of carbonyl (C=O) groups excluding carboxylic acids is 1. The van der Waals surface area contributed by atoms with Crippen LogP contribution in [0.4, 0.5) is 5.69 Å². The fraction of sp³-hybridized carbons (Fsp3) is 0.214. The van der Waals surface area contributed by atoms with E-state index in [-0.39, 0.29) is 11.5 Å². The van der Waals surface area contributed by atoms with Crippen molar-refractivity contribution >= 4 is 23.1 Å². The van der Waals surface area contributed by atoms with Gasteiger partial charge in [-0.25, -0.2) is 0 Å². The van der Waals surface area contributed by atoms with Crippen molar-refractivity contribution in [3.63, 3.8) is 0 Å². The summed E-state index contributed by atoms with van der Waals surface area (Å²) in [7, 11) is 1.75. The fourth-order valence-electron chi connectivity index (χ4n) is 2.23. The van der Waals surface area contributed by atoms with Gasteiger partial charge in [-0.15, -0.1) is 0 Å². The van der Waals surface area contributed by atoms with Crippen molar-refractivity contribution in [2.45, 2.75) is 11.2 Å². The molecule has 2 atom stereocenters. The van der Waals surface area contributed by atoms with Gasteiger partial charge in [-0.3, -0.25) is 14.9 Å². The molecule has 1 aliphatic rings. The molecule has 1 fully saturated rings. The Hall–Kier alpha value is -2.18. The Morgan fingerprint density at radius 2 is 2.05 bits per heavy atom. The van der Waals surface area contributed by atoms with Crippen LogP contribution >= 0.6 is 11.6 Å². The molecule has 108 valence electrons. The lowest BCUT2D eigenvalue weighted by Gasteiger charge is -2.05. The summed E-state index contributed by atoms with van der Waals surface area (Å²) in [6, 6.07) is 9.23. The van der Waals surface area contributed by atoms with Gasteiger partial charge in [0, 0.05) is 25.4 Å². The summed E-state index contributed by atoms with van der Waals surface area (Å²) in [5.41, 5.74) is 1.07. The van der Waals surface area contributed by atoms with Gasteiger partial charge in [0.05, 0.1) is 10.6 Å². The highest BCUT2D eigenvalue weighted by molar-refractivity contribution is 6.39. The van der Waals surface area contributed by atoms with Gasteiger partial charge in [0.1, 0.15) is 6.10 Å². The number of nitro groups is 1. The van der Waals surface area contributed by atoms with Gasteiger partial charge in [-0.05, 0) is 29.8 Å². The second-order valence-electron chi connectivity index (χ2n) is 4.82. The summed E-state index contributed by atoms with van der Waals surface area (Å²) in [6.07, 6.45) is 1.15. The zero-order chi connectivity index (χ0) is 15.2. The SMILES string of the molecule is Cn1cccc1C(=O)[C@]1(Cl)O[C@H]1c1ccc([N+](=O)[O-])cc1. The van der Waals surface area contributed by atoms with Crippen molar-refractivity contribution in [1.82, 2.24) is 4.57 Å². The molecule has 0 N–H and O–H groups in total. The van der Waals surface area contributed by atoms with E-state index in [1.165, 1.54) is 12.1 Å². The molecule has 1 aromatic carbocycles. The van der Waals surface area contributed by atoms with Gasteiger partial charge in [0.15, 0.2) is 0 Å². The van der Waals surface area contributed by atoms with Crippen LogP contribution in [-0.2, 0) is 11.8 Å². The van der Waals surface area contributed by atoms with Crippen LogP contribution in [0.3, 0.4) is 0 Å². The average Bonchev–Trinajstić information content (AvgIpc) is 2.98. The summed E-state index contributed by atoms with van der Waals surface area (Å²) in [4.78, 5) is 22.5. The first-order chi connectivity index (χ1) is 9.93. The predicted molar refractivity (Wildman–Crippen MR) is 75.2 cm³/mol. The van der Waals surface area contributed by atoms with Gasteiger partial charge in [-0.2, -0.15) is 0 Å². The number of halogens is 1. The van der Waals surface area contributed by atoms with Crippen LogP contribution in [0, 0.1) is 10.1 Å². The van der Waals surface area contributed by atoms with Crippen molar-refractivity contribution in [3.05, 3.63) is 64.0 Å². The zero-order valence-corrected chi connectivity index (χ0v) is 11.8. The first-order valence-corrected chi connectivity index (χ1v) is 6.58. The molecule has 0 saturated carbocycles. The number of nitrogens with zero attached hydrogens (tertiary/aromatic N) is 2. The molecule has 21 heavy (non-hydrogen) atoms. The van der Waals surface area contributed by atoms with E-state index in [9.17, 15) is 14.9 Å². The minimum absolute atomic E-state index is 0.0201. The lowest BCUT2D eigenvalue weighted by molar-refractivity contribution is -0.384. The number of non-ortho nitro benzene ring substituents is 1. The van der Waals surface area contributed by atoms with E-state index < -0.39 is 16.1 Å². The van der Waals surface area contributed by atoms with E-state index in [0.717, 1.165) is 0 Å². The lowest BCUT2D eigenvalue weighted by atomic mass is 10.1. The van der Waals surface area contributed by atoms with Gasteiger partial charge < -0.3 is 9.30 Å². The molecule has 3 rings (SSSR count). The Morgan fingerprint density at radius 3 is 2.57 bits per heavy atom. The molecule has 0 aliphatic carbocycles. The monoisotopic (exact) mass is 306 g/mol. The third-order valence-corrected chi connectivity index (χ3v) is 3.92. The van der Waals surface area contributed by atoms with Gasteiger partial charge in [-0.1, -0.05) is 11.6 Å². The van der Waals surface area contributed by atoms with Crippen molar-refractivity contribution < 1.29 is 14.5 Å². The molecule has 2 aromatic rings. The molecule has 1 saturated heterocycles. The molecule has 0 radical (unpaired) electrons. The van der Waals surface area contributed by atoms with Gasteiger partial charge in [0.25, 0.3) is 5.69 Å². The summed E-state index contributed by atoms with van der Waals surface area (Å²) >= 11 is 6.24. The lowest BCUT2D eigenvalue weighted by Crippen LogP contribution is -2.21. The molecule has 0 unspecified atom stereocenters. The van der Waals surface area contributed by atoms with E-state index >= 15 is 0 Å². The van der Waals surface area contributed by atoms with E-state index in [1.54, 1.807) is 42.1 Å². The first kappa shape index (κ1) is 13.8. The third-order valence-electron chi connectivity index (χ3n) is 3.46. The summed E-state index contributed by atoms with van der Waals surface area (Å²) in [5, 5.41) is 9.19. The average molecular weight is 307 g/mol. The predicted octanol–water partition coefficient (Wildman–Crippen LogP) is 2.82. The van der Waals surface area contributed by atoms with Crippen LogP contribution in [0.15, 0.2) is 42.6 Å². The minimum Gasteiger partial charge on any atom is -0.348 e. The van der Waals surface area contributed by atoms with E-state index in [0.29, 0.717) is 11.3 Å². The second-order valence-corrected chi connectivity index (χ2v) is 5.39. The number of rotatable bonds is 4. The molecule has 2 heterocycles. The third kappa shape index (κ3) is 2.22. The number of alkyl halides is 1. The molecule has 0 spiro atoms. The Bertz CT molecular complexity index is 725. The number of carbonyl (C=O) groups is 1. The number of Topliss-reactive ketones (excluding diaryl/α,β-unsaturated/α-hetero) is 1. The van der Waals surface area contributed by atoms with Crippen LogP contribution in [0.5, 0.6) is 0 Å². The Morgan fingerprint density at radius 1 is 1.38 bits per heavy atom. The Kier molecular flexibility index (Phi) is 3.07. The highest BCUT2D eigenvalue weighted by Crippen LogP contribution is 2.54. The van der Waals surface area contributed by atoms with Crippen LogP contribution in [0.2, 0.25) is 0 Å². The van der Waals surface area contributed by atoms with Crippen LogP contribution in [0.25, 0.3) is 0 Å². The number of hydrogen-bond acceptors (Lipinski definition) is 4. The van der Waals surface area contributed by atoms with Crippen LogP contribution in [0.1, 0.15) is 22.2 Å². The topological polar surface area (TPSA) is 77.7 Å². The fourth-order valence-corrected chi connectivity index (χ4v) is 2.55. The molecule has 6 nitrogen and oxygen atoms in total.